The smallest absolute Gasteiger partial charge is 0.323 e. The molecule has 6 heteroatoms. The Labute approximate surface area is 108 Å². The first-order chi connectivity index (χ1) is 8.52. The van der Waals surface area contributed by atoms with Crippen LogP contribution < -0.4 is 5.32 Å². The molecular weight excluding hydrogens is 234 g/mol. The summed E-state index contributed by atoms with van der Waals surface area (Å²) in [5.41, 5.74) is 0. The lowest BCUT2D eigenvalue weighted by Crippen LogP contribution is -2.49. The van der Waals surface area contributed by atoms with Gasteiger partial charge in [0.1, 0.15) is 6.54 Å². The van der Waals surface area contributed by atoms with E-state index in [1.54, 1.807) is 0 Å². The Morgan fingerprint density at radius 2 is 2.00 bits per heavy atom. The molecule has 0 radical (unpaired) electrons. The van der Waals surface area contributed by atoms with E-state index in [0.29, 0.717) is 0 Å². The van der Waals surface area contributed by atoms with Crippen molar-refractivity contribution in [2.75, 3.05) is 33.2 Å². The number of likely N-dealkylation sites (tertiary alicyclic amines) is 1. The summed E-state index contributed by atoms with van der Waals surface area (Å²) in [4.78, 5) is 25.8. The van der Waals surface area contributed by atoms with E-state index in [9.17, 15) is 9.59 Å². The summed E-state index contributed by atoms with van der Waals surface area (Å²) in [6, 6.07) is -0.131. The van der Waals surface area contributed by atoms with Crippen molar-refractivity contribution in [2.24, 2.45) is 0 Å². The van der Waals surface area contributed by atoms with Gasteiger partial charge in [-0.25, -0.2) is 4.79 Å². The van der Waals surface area contributed by atoms with E-state index in [4.69, 9.17) is 5.11 Å². The van der Waals surface area contributed by atoms with E-state index in [2.05, 4.69) is 17.1 Å². The predicted octanol–water partition coefficient (Wildman–Crippen LogP) is 0.587. The number of carboxylic acid groups (broad SMARTS) is 1. The molecule has 1 fully saturated rings. The number of carbonyl (C=O) groups excluding carboxylic acids is 1. The third-order valence-electron chi connectivity index (χ3n) is 3.17. The van der Waals surface area contributed by atoms with Gasteiger partial charge >= 0.3 is 12.0 Å². The Morgan fingerprint density at radius 3 is 2.50 bits per heavy atom. The van der Waals surface area contributed by atoms with E-state index in [1.807, 2.05) is 0 Å². The van der Waals surface area contributed by atoms with Gasteiger partial charge in [-0.15, -0.1) is 0 Å². The Kier molecular flexibility index (Phi) is 5.91. The molecule has 2 amide bonds. The molecule has 0 spiro atoms. The molecule has 0 aliphatic carbocycles. The molecule has 104 valence electrons. The van der Waals surface area contributed by atoms with Crippen LogP contribution in [0, 0.1) is 0 Å². The largest absolute Gasteiger partial charge is 0.480 e. The third kappa shape index (κ3) is 4.91. The SMILES string of the molecule is CCCN1CCC(NC(=O)N(C)CC(=O)O)CC1. The molecule has 0 atom stereocenters. The maximum Gasteiger partial charge on any atom is 0.323 e. The lowest BCUT2D eigenvalue weighted by atomic mass is 10.1. The van der Waals surface area contributed by atoms with Crippen LogP contribution in [-0.4, -0.2) is 66.2 Å². The van der Waals surface area contributed by atoms with Gasteiger partial charge in [0.2, 0.25) is 0 Å². The van der Waals surface area contributed by atoms with E-state index < -0.39 is 5.97 Å². The monoisotopic (exact) mass is 257 g/mol. The zero-order valence-corrected chi connectivity index (χ0v) is 11.2. The van der Waals surface area contributed by atoms with E-state index in [0.717, 1.165) is 38.9 Å². The van der Waals surface area contributed by atoms with Crippen LogP contribution in [0.4, 0.5) is 4.79 Å². The number of carboxylic acids is 1. The first-order valence-corrected chi connectivity index (χ1v) is 6.48. The Hall–Kier alpha value is -1.30. The minimum atomic E-state index is -0.995. The number of likely N-dealkylation sites (N-methyl/N-ethyl adjacent to an activating group) is 1. The zero-order chi connectivity index (χ0) is 13.5. The highest BCUT2D eigenvalue weighted by atomic mass is 16.4. The minimum Gasteiger partial charge on any atom is -0.480 e. The van der Waals surface area contributed by atoms with Gasteiger partial charge < -0.3 is 20.2 Å². The van der Waals surface area contributed by atoms with Crippen molar-refractivity contribution in [3.8, 4) is 0 Å². The summed E-state index contributed by atoms with van der Waals surface area (Å²) in [6.45, 7) is 5.01. The molecule has 6 nitrogen and oxygen atoms in total. The van der Waals surface area contributed by atoms with Crippen LogP contribution in [0.5, 0.6) is 0 Å². The van der Waals surface area contributed by atoms with Gasteiger partial charge in [0, 0.05) is 26.2 Å². The fourth-order valence-corrected chi connectivity index (χ4v) is 2.18. The number of aliphatic carboxylic acids is 1. The number of carbonyl (C=O) groups is 2. The third-order valence-corrected chi connectivity index (χ3v) is 3.17. The first kappa shape index (κ1) is 14.8. The Balaban J connectivity index is 2.27. The lowest BCUT2D eigenvalue weighted by Gasteiger charge is -2.32. The number of rotatable bonds is 5. The van der Waals surface area contributed by atoms with E-state index in [1.165, 1.54) is 11.9 Å². The quantitative estimate of drug-likeness (QED) is 0.756. The van der Waals surface area contributed by atoms with Gasteiger partial charge in [-0.1, -0.05) is 6.92 Å². The fourth-order valence-electron chi connectivity index (χ4n) is 2.18. The van der Waals surface area contributed by atoms with Crippen molar-refractivity contribution in [2.45, 2.75) is 32.2 Å². The summed E-state index contributed by atoms with van der Waals surface area (Å²) >= 11 is 0. The van der Waals surface area contributed by atoms with Crippen LogP contribution in [-0.2, 0) is 4.79 Å². The maximum absolute atomic E-state index is 11.7. The normalized spacial score (nSPS) is 17.4. The van der Waals surface area contributed by atoms with Crippen LogP contribution in [0.2, 0.25) is 0 Å². The number of hydrogen-bond donors (Lipinski definition) is 2. The summed E-state index contributed by atoms with van der Waals surface area (Å²) in [5.74, 6) is -0.995. The van der Waals surface area contributed by atoms with Crippen LogP contribution >= 0.6 is 0 Å². The zero-order valence-electron chi connectivity index (χ0n) is 11.2. The average molecular weight is 257 g/mol. The second-order valence-electron chi connectivity index (χ2n) is 4.82. The molecule has 0 unspecified atom stereocenters. The first-order valence-electron chi connectivity index (χ1n) is 6.48. The van der Waals surface area contributed by atoms with Gasteiger partial charge in [0.25, 0.3) is 0 Å². The van der Waals surface area contributed by atoms with Gasteiger partial charge in [0.05, 0.1) is 0 Å². The molecule has 1 heterocycles. The van der Waals surface area contributed by atoms with Gasteiger partial charge in [-0.3, -0.25) is 4.79 Å². The second-order valence-corrected chi connectivity index (χ2v) is 4.82. The number of hydrogen-bond acceptors (Lipinski definition) is 3. The summed E-state index contributed by atoms with van der Waals surface area (Å²) in [7, 11) is 1.50. The number of nitrogens with zero attached hydrogens (tertiary/aromatic N) is 2. The molecule has 0 saturated carbocycles. The summed E-state index contributed by atoms with van der Waals surface area (Å²) in [5, 5.41) is 11.5. The molecular formula is C12H23N3O3. The number of nitrogens with one attached hydrogen (secondary N) is 1. The molecule has 1 aliphatic heterocycles. The van der Waals surface area contributed by atoms with Gasteiger partial charge in [-0.2, -0.15) is 0 Å². The van der Waals surface area contributed by atoms with Crippen molar-refractivity contribution in [3.05, 3.63) is 0 Å². The summed E-state index contributed by atoms with van der Waals surface area (Å²) in [6.07, 6.45) is 3.03. The highest BCUT2D eigenvalue weighted by molar-refractivity contribution is 5.79. The van der Waals surface area contributed by atoms with Crippen LogP contribution in [0.25, 0.3) is 0 Å². The number of amides is 2. The molecule has 18 heavy (non-hydrogen) atoms. The molecule has 1 rings (SSSR count). The molecule has 0 aromatic heterocycles. The lowest BCUT2D eigenvalue weighted by molar-refractivity contribution is -0.137. The predicted molar refractivity (Wildman–Crippen MR) is 68.6 cm³/mol. The highest BCUT2D eigenvalue weighted by Crippen LogP contribution is 2.10. The van der Waals surface area contributed by atoms with E-state index in [-0.39, 0.29) is 18.6 Å². The topological polar surface area (TPSA) is 72.9 Å². The standard InChI is InChI=1S/C12H23N3O3/c1-3-6-15-7-4-10(5-8-15)13-12(18)14(2)9-11(16)17/h10H,3-9H2,1-2H3,(H,13,18)(H,16,17). The van der Waals surface area contributed by atoms with E-state index >= 15 is 0 Å². The molecule has 0 aromatic carbocycles. The van der Waals surface area contributed by atoms with Gasteiger partial charge in [-0.05, 0) is 25.8 Å². The molecule has 1 aliphatic rings. The second kappa shape index (κ2) is 7.20. The van der Waals surface area contributed by atoms with Crippen LogP contribution in [0.1, 0.15) is 26.2 Å². The molecule has 0 bridgehead atoms. The van der Waals surface area contributed by atoms with Gasteiger partial charge in [0.15, 0.2) is 0 Å². The molecule has 1 saturated heterocycles. The summed E-state index contributed by atoms with van der Waals surface area (Å²) < 4.78 is 0. The number of piperidine rings is 1. The highest BCUT2D eigenvalue weighted by Gasteiger charge is 2.21. The minimum absolute atomic E-state index is 0.168. The number of urea groups is 1. The van der Waals surface area contributed by atoms with Crippen molar-refractivity contribution in [1.29, 1.82) is 0 Å². The van der Waals surface area contributed by atoms with Crippen molar-refractivity contribution in [1.82, 2.24) is 15.1 Å². The maximum atomic E-state index is 11.7. The Bertz CT molecular complexity index is 288. The fraction of sp³-hybridized carbons (Fsp3) is 0.833. The van der Waals surface area contributed by atoms with Crippen molar-refractivity contribution < 1.29 is 14.7 Å². The van der Waals surface area contributed by atoms with Crippen molar-refractivity contribution in [3.63, 3.8) is 0 Å². The average Bonchev–Trinajstić information content (AvgIpc) is 2.31. The van der Waals surface area contributed by atoms with Crippen molar-refractivity contribution >= 4 is 12.0 Å². The van der Waals surface area contributed by atoms with Crippen LogP contribution in [0.3, 0.4) is 0 Å². The molecule has 2 N–H and O–H groups in total. The molecule has 0 aromatic rings. The van der Waals surface area contributed by atoms with Crippen LogP contribution in [0.15, 0.2) is 0 Å². The Morgan fingerprint density at radius 1 is 1.39 bits per heavy atom.